The van der Waals surface area contributed by atoms with Crippen LogP contribution in [-0.4, -0.2) is 36.5 Å². The maximum atomic E-state index is 12.5. The van der Waals surface area contributed by atoms with Gasteiger partial charge in [0.2, 0.25) is 11.8 Å². The van der Waals surface area contributed by atoms with Crippen molar-refractivity contribution < 1.29 is 22.7 Å². The van der Waals surface area contributed by atoms with Crippen LogP contribution in [0.15, 0.2) is 34.9 Å². The molecule has 2 heterocycles. The van der Waals surface area contributed by atoms with Gasteiger partial charge in [-0.25, -0.2) is 4.68 Å². The number of halogens is 3. The molecule has 0 amide bonds. The molecule has 0 aliphatic rings. The first-order valence-electron chi connectivity index (χ1n) is 6.87. The molecule has 0 aliphatic carbocycles. The number of aliphatic hydroxyl groups excluding tert-OH is 1. The van der Waals surface area contributed by atoms with Crippen LogP contribution in [0.3, 0.4) is 0 Å². The second-order valence-electron chi connectivity index (χ2n) is 5.08. The van der Waals surface area contributed by atoms with Gasteiger partial charge >= 0.3 is 6.18 Å². The molecule has 126 valence electrons. The largest absolute Gasteiger partial charge is 0.424 e. The van der Waals surface area contributed by atoms with E-state index in [2.05, 4.69) is 20.5 Å². The van der Waals surface area contributed by atoms with E-state index in [0.717, 1.165) is 0 Å². The summed E-state index contributed by atoms with van der Waals surface area (Å²) in [7, 11) is 0. The van der Waals surface area contributed by atoms with Crippen molar-refractivity contribution in [3.05, 3.63) is 47.8 Å². The van der Waals surface area contributed by atoms with Gasteiger partial charge in [0.25, 0.3) is 0 Å². The van der Waals surface area contributed by atoms with Gasteiger partial charge in [-0.2, -0.15) is 13.2 Å². The average Bonchev–Trinajstić information content (AvgIpc) is 3.15. The van der Waals surface area contributed by atoms with Crippen molar-refractivity contribution in [2.45, 2.75) is 25.7 Å². The van der Waals surface area contributed by atoms with Crippen molar-refractivity contribution in [1.82, 2.24) is 25.2 Å². The van der Waals surface area contributed by atoms with Crippen LogP contribution in [0.25, 0.3) is 11.3 Å². The summed E-state index contributed by atoms with van der Waals surface area (Å²) in [6.45, 7) is 1.90. The van der Waals surface area contributed by atoms with Gasteiger partial charge in [0.1, 0.15) is 12.2 Å². The van der Waals surface area contributed by atoms with E-state index in [1.807, 2.05) is 0 Å². The molecule has 3 rings (SSSR count). The Morgan fingerprint density at radius 3 is 2.46 bits per heavy atom. The van der Waals surface area contributed by atoms with Gasteiger partial charge in [-0.1, -0.05) is 29.5 Å². The summed E-state index contributed by atoms with van der Waals surface area (Å²) in [5.41, 5.74) is 0.806. The Balaban J connectivity index is 1.75. The fourth-order valence-electron chi connectivity index (χ4n) is 2.07. The summed E-state index contributed by atoms with van der Waals surface area (Å²) >= 11 is 0. The van der Waals surface area contributed by atoms with Crippen molar-refractivity contribution in [2.24, 2.45) is 0 Å². The number of aryl methyl sites for hydroxylation is 1. The summed E-state index contributed by atoms with van der Waals surface area (Å²) in [5.74, 6) is 0.803. The quantitative estimate of drug-likeness (QED) is 0.784. The summed E-state index contributed by atoms with van der Waals surface area (Å²) in [6, 6.07) is 5.28. The summed E-state index contributed by atoms with van der Waals surface area (Å²) < 4.78 is 44.1. The molecule has 3 aromatic rings. The number of alkyl halides is 3. The standard InChI is InChI=1S/C14H12F3N5O2/c1-8-18-20-12(24-8)7-22-6-11(19-21-22)9-2-4-10(5-3-9)13(23)14(15,16)17/h2-6,13,23H,7H2,1H3. The highest BCUT2D eigenvalue weighted by Crippen LogP contribution is 2.33. The van der Waals surface area contributed by atoms with E-state index in [4.69, 9.17) is 4.42 Å². The predicted molar refractivity (Wildman–Crippen MR) is 74.6 cm³/mol. The van der Waals surface area contributed by atoms with Gasteiger partial charge in [-0.05, 0) is 5.56 Å². The molecule has 10 heteroatoms. The summed E-state index contributed by atoms with van der Waals surface area (Å²) in [5, 5.41) is 24.6. The Morgan fingerprint density at radius 2 is 1.88 bits per heavy atom. The van der Waals surface area contributed by atoms with E-state index in [0.29, 0.717) is 23.0 Å². The van der Waals surface area contributed by atoms with Crippen LogP contribution >= 0.6 is 0 Å². The van der Waals surface area contributed by atoms with Crippen LogP contribution in [0.5, 0.6) is 0 Å². The summed E-state index contributed by atoms with van der Waals surface area (Å²) in [6.07, 6.45) is -5.61. The molecule has 0 aliphatic heterocycles. The third kappa shape index (κ3) is 3.43. The van der Waals surface area contributed by atoms with E-state index in [1.54, 1.807) is 13.1 Å². The normalized spacial score (nSPS) is 13.2. The second-order valence-corrected chi connectivity index (χ2v) is 5.08. The number of rotatable bonds is 4. The molecule has 0 bridgehead atoms. The van der Waals surface area contributed by atoms with E-state index >= 15 is 0 Å². The van der Waals surface area contributed by atoms with Crippen LogP contribution in [0.2, 0.25) is 0 Å². The van der Waals surface area contributed by atoms with Crippen molar-refractivity contribution >= 4 is 0 Å². The highest BCUT2D eigenvalue weighted by molar-refractivity contribution is 5.58. The van der Waals surface area contributed by atoms with Gasteiger partial charge in [-0.3, -0.25) is 0 Å². The molecular formula is C14H12F3N5O2. The molecule has 1 aromatic carbocycles. The Labute approximate surface area is 133 Å². The smallest absolute Gasteiger partial charge is 0.418 e. The first-order chi connectivity index (χ1) is 11.3. The SMILES string of the molecule is Cc1nnc(Cn2cc(-c3ccc(C(O)C(F)(F)F)cc3)nn2)o1. The lowest BCUT2D eigenvalue weighted by Crippen LogP contribution is -2.19. The van der Waals surface area contributed by atoms with Crippen molar-refractivity contribution in [3.63, 3.8) is 0 Å². The summed E-state index contributed by atoms with van der Waals surface area (Å²) in [4.78, 5) is 0. The van der Waals surface area contributed by atoms with Gasteiger partial charge in [0.15, 0.2) is 6.10 Å². The minimum Gasteiger partial charge on any atom is -0.424 e. The molecule has 1 atom stereocenters. The number of hydrogen-bond donors (Lipinski definition) is 1. The van der Waals surface area contributed by atoms with Gasteiger partial charge < -0.3 is 9.52 Å². The minimum atomic E-state index is -4.70. The molecular weight excluding hydrogens is 327 g/mol. The Morgan fingerprint density at radius 1 is 1.17 bits per heavy atom. The number of nitrogens with zero attached hydrogens (tertiary/aromatic N) is 5. The van der Waals surface area contributed by atoms with Crippen molar-refractivity contribution in [2.75, 3.05) is 0 Å². The van der Waals surface area contributed by atoms with E-state index in [1.165, 1.54) is 28.9 Å². The van der Waals surface area contributed by atoms with E-state index in [9.17, 15) is 18.3 Å². The molecule has 7 nitrogen and oxygen atoms in total. The molecule has 1 unspecified atom stereocenters. The van der Waals surface area contributed by atoms with Gasteiger partial charge in [-0.15, -0.1) is 15.3 Å². The maximum Gasteiger partial charge on any atom is 0.418 e. The molecule has 0 spiro atoms. The second kappa shape index (κ2) is 6.04. The van der Waals surface area contributed by atoms with Crippen molar-refractivity contribution in [3.8, 4) is 11.3 Å². The third-order valence-corrected chi connectivity index (χ3v) is 3.24. The monoisotopic (exact) mass is 339 g/mol. The van der Waals surface area contributed by atoms with E-state index in [-0.39, 0.29) is 12.1 Å². The molecule has 2 aromatic heterocycles. The van der Waals surface area contributed by atoms with E-state index < -0.39 is 12.3 Å². The topological polar surface area (TPSA) is 89.9 Å². The minimum absolute atomic E-state index is 0.235. The zero-order chi connectivity index (χ0) is 17.3. The Hall–Kier alpha value is -2.75. The third-order valence-electron chi connectivity index (χ3n) is 3.24. The first-order valence-corrected chi connectivity index (χ1v) is 6.87. The molecule has 0 saturated carbocycles. The molecule has 24 heavy (non-hydrogen) atoms. The van der Waals surface area contributed by atoms with Gasteiger partial charge in [0.05, 0.1) is 6.20 Å². The number of hydrogen-bond acceptors (Lipinski definition) is 6. The molecule has 1 N–H and O–H groups in total. The number of aromatic nitrogens is 5. The number of benzene rings is 1. The Bertz CT molecular complexity index is 826. The molecule has 0 fully saturated rings. The lowest BCUT2D eigenvalue weighted by atomic mass is 10.1. The zero-order valence-corrected chi connectivity index (χ0v) is 12.4. The fourth-order valence-corrected chi connectivity index (χ4v) is 2.07. The maximum absolute atomic E-state index is 12.5. The lowest BCUT2D eigenvalue weighted by Gasteiger charge is -2.14. The zero-order valence-electron chi connectivity index (χ0n) is 12.4. The van der Waals surface area contributed by atoms with Gasteiger partial charge in [0, 0.05) is 12.5 Å². The van der Waals surface area contributed by atoms with Crippen LogP contribution in [0, 0.1) is 6.92 Å². The molecule has 0 radical (unpaired) electrons. The lowest BCUT2D eigenvalue weighted by molar-refractivity contribution is -0.206. The predicted octanol–water partition coefficient (Wildman–Crippen LogP) is 2.28. The average molecular weight is 339 g/mol. The first kappa shape index (κ1) is 16.1. The Kier molecular flexibility index (Phi) is 4.06. The van der Waals surface area contributed by atoms with Crippen LogP contribution < -0.4 is 0 Å². The number of aliphatic hydroxyl groups is 1. The van der Waals surface area contributed by atoms with Crippen LogP contribution in [0.1, 0.15) is 23.4 Å². The van der Waals surface area contributed by atoms with Crippen LogP contribution in [0.4, 0.5) is 13.2 Å². The fraction of sp³-hybridized carbons (Fsp3) is 0.286. The highest BCUT2D eigenvalue weighted by atomic mass is 19.4. The van der Waals surface area contributed by atoms with Crippen molar-refractivity contribution in [1.29, 1.82) is 0 Å². The van der Waals surface area contributed by atoms with Crippen LogP contribution in [-0.2, 0) is 6.54 Å². The molecule has 0 saturated heterocycles. The highest BCUT2D eigenvalue weighted by Gasteiger charge is 2.39.